The van der Waals surface area contributed by atoms with Crippen LogP contribution >= 0.6 is 0 Å². The second kappa shape index (κ2) is 6.84. The molecule has 2 bridgehead atoms. The minimum atomic E-state index is 0.495. The molecule has 9 nitrogen and oxygen atoms in total. The molecule has 0 unspecified atom stereocenters. The van der Waals surface area contributed by atoms with Crippen LogP contribution in [-0.4, -0.2) is 41.1 Å². The first kappa shape index (κ1) is 17.6. The maximum atomic E-state index is 6.04. The van der Waals surface area contributed by atoms with Crippen LogP contribution in [0, 0.1) is 13.8 Å². The van der Waals surface area contributed by atoms with E-state index in [0.29, 0.717) is 18.4 Å². The summed E-state index contributed by atoms with van der Waals surface area (Å²) in [7, 11) is 0. The van der Waals surface area contributed by atoms with Gasteiger partial charge in [0.2, 0.25) is 5.95 Å². The summed E-state index contributed by atoms with van der Waals surface area (Å²) < 4.78 is 9.84. The fourth-order valence-corrected chi connectivity index (χ4v) is 3.67. The summed E-state index contributed by atoms with van der Waals surface area (Å²) in [4.78, 5) is 13.7. The van der Waals surface area contributed by atoms with Crippen LogP contribution in [0.5, 0.6) is 5.88 Å². The summed E-state index contributed by atoms with van der Waals surface area (Å²) >= 11 is 0. The Morgan fingerprint density at radius 1 is 1.21 bits per heavy atom. The average molecular weight is 390 g/mol. The first-order valence-electron chi connectivity index (χ1n) is 9.79. The predicted octanol–water partition coefficient (Wildman–Crippen LogP) is 3.11. The molecule has 5 rings (SSSR count). The summed E-state index contributed by atoms with van der Waals surface area (Å²) in [6.07, 6.45) is 5.24. The van der Waals surface area contributed by atoms with E-state index < -0.39 is 0 Å². The fourth-order valence-electron chi connectivity index (χ4n) is 3.67. The topological polar surface area (TPSA) is 95.6 Å². The highest BCUT2D eigenvalue weighted by Crippen LogP contribution is 2.33. The van der Waals surface area contributed by atoms with Gasteiger partial charge in [0, 0.05) is 25.4 Å². The minimum Gasteiger partial charge on any atom is -0.475 e. The molecule has 5 heterocycles. The SMILES string of the molecule is CCc1ncccc1-n1nc2c(c1C)Nc1ncc3c(C)nn(c3n1)CCCO2. The number of hydrogen-bond donors (Lipinski definition) is 1. The Hall–Kier alpha value is -3.49. The van der Waals surface area contributed by atoms with Gasteiger partial charge in [-0.1, -0.05) is 6.92 Å². The second-order valence-corrected chi connectivity index (χ2v) is 7.07. The zero-order valence-corrected chi connectivity index (χ0v) is 16.7. The number of rotatable bonds is 2. The normalized spacial score (nSPS) is 13.6. The molecule has 148 valence electrons. The fraction of sp³-hybridized carbons (Fsp3) is 0.350. The van der Waals surface area contributed by atoms with Gasteiger partial charge >= 0.3 is 0 Å². The molecule has 0 aliphatic carbocycles. The molecule has 0 amide bonds. The van der Waals surface area contributed by atoms with Crippen molar-refractivity contribution in [1.29, 1.82) is 0 Å². The summed E-state index contributed by atoms with van der Waals surface area (Å²) in [6.45, 7) is 7.31. The van der Waals surface area contributed by atoms with Gasteiger partial charge in [0.1, 0.15) is 5.69 Å². The van der Waals surface area contributed by atoms with Crippen LogP contribution in [0.25, 0.3) is 16.7 Å². The van der Waals surface area contributed by atoms with Crippen molar-refractivity contribution in [2.45, 2.75) is 40.2 Å². The summed E-state index contributed by atoms with van der Waals surface area (Å²) in [5.74, 6) is 1.03. The van der Waals surface area contributed by atoms with E-state index in [1.165, 1.54) is 0 Å². The van der Waals surface area contributed by atoms with Crippen molar-refractivity contribution in [3.63, 3.8) is 0 Å². The number of fused-ring (bicyclic) bond motifs is 2. The van der Waals surface area contributed by atoms with Gasteiger partial charge < -0.3 is 10.1 Å². The Morgan fingerprint density at radius 2 is 2.10 bits per heavy atom. The number of pyridine rings is 1. The van der Waals surface area contributed by atoms with Crippen molar-refractivity contribution < 1.29 is 4.74 Å². The standard InChI is InChI=1S/C20H22N8O/c1-4-15-16(7-5-8-21-15)28-13(3)17-19(26-28)29-10-6-9-27-18-14(12(2)25-27)11-22-20(23-17)24-18/h5,7-8,11H,4,6,9-10H2,1-3H3,(H,22,23,24). The molecule has 1 N–H and O–H groups in total. The Morgan fingerprint density at radius 3 is 2.97 bits per heavy atom. The summed E-state index contributed by atoms with van der Waals surface area (Å²) in [6, 6.07) is 3.94. The Balaban J connectivity index is 1.64. The molecule has 1 aliphatic heterocycles. The lowest BCUT2D eigenvalue weighted by Crippen LogP contribution is -2.07. The number of nitrogens with one attached hydrogen (secondary N) is 1. The van der Waals surface area contributed by atoms with E-state index >= 15 is 0 Å². The number of aryl methyl sites for hydroxylation is 3. The van der Waals surface area contributed by atoms with Gasteiger partial charge in [0.25, 0.3) is 5.88 Å². The molecule has 29 heavy (non-hydrogen) atoms. The van der Waals surface area contributed by atoms with Crippen LogP contribution in [-0.2, 0) is 13.0 Å². The van der Waals surface area contributed by atoms with Crippen molar-refractivity contribution in [2.24, 2.45) is 0 Å². The number of hydrogen-bond acceptors (Lipinski definition) is 7. The molecule has 0 radical (unpaired) electrons. The minimum absolute atomic E-state index is 0.495. The molecule has 0 spiro atoms. The second-order valence-electron chi connectivity index (χ2n) is 7.07. The zero-order valence-electron chi connectivity index (χ0n) is 16.7. The van der Waals surface area contributed by atoms with Crippen molar-refractivity contribution in [1.82, 2.24) is 34.5 Å². The van der Waals surface area contributed by atoms with Gasteiger partial charge in [-0.3, -0.25) is 4.98 Å². The number of anilines is 2. The van der Waals surface area contributed by atoms with E-state index in [9.17, 15) is 0 Å². The van der Waals surface area contributed by atoms with Gasteiger partial charge in [-0.2, -0.15) is 10.1 Å². The summed E-state index contributed by atoms with van der Waals surface area (Å²) in [5, 5.41) is 13.6. The van der Waals surface area contributed by atoms with Gasteiger partial charge in [-0.25, -0.2) is 14.3 Å². The predicted molar refractivity (Wildman–Crippen MR) is 109 cm³/mol. The molecule has 0 saturated carbocycles. The molecule has 0 fully saturated rings. The van der Waals surface area contributed by atoms with E-state index in [-0.39, 0.29) is 0 Å². The van der Waals surface area contributed by atoms with Crippen LogP contribution < -0.4 is 10.1 Å². The van der Waals surface area contributed by atoms with E-state index in [0.717, 1.165) is 58.9 Å². The molecule has 0 aromatic carbocycles. The molecule has 0 saturated heterocycles. The lowest BCUT2D eigenvalue weighted by molar-refractivity contribution is 0.288. The quantitative estimate of drug-likeness (QED) is 0.562. The van der Waals surface area contributed by atoms with Crippen LogP contribution in [0.3, 0.4) is 0 Å². The van der Waals surface area contributed by atoms with Gasteiger partial charge in [-0.15, -0.1) is 5.10 Å². The Labute approximate surface area is 167 Å². The lowest BCUT2D eigenvalue weighted by atomic mass is 10.2. The Bertz CT molecular complexity index is 1210. The molecule has 4 aromatic heterocycles. The third-order valence-electron chi connectivity index (χ3n) is 5.18. The molecule has 0 atom stereocenters. The van der Waals surface area contributed by atoms with Gasteiger partial charge in [-0.05, 0) is 32.4 Å². The first-order chi connectivity index (χ1) is 14.2. The van der Waals surface area contributed by atoms with E-state index in [4.69, 9.17) is 14.8 Å². The number of ether oxygens (including phenoxy) is 1. The highest BCUT2D eigenvalue weighted by atomic mass is 16.5. The van der Waals surface area contributed by atoms with Crippen LogP contribution in [0.4, 0.5) is 11.6 Å². The molecular weight excluding hydrogens is 368 g/mol. The molecule has 9 heteroatoms. The number of nitrogens with zero attached hydrogens (tertiary/aromatic N) is 7. The number of aromatic nitrogens is 7. The van der Waals surface area contributed by atoms with Crippen LogP contribution in [0.1, 0.15) is 30.4 Å². The van der Waals surface area contributed by atoms with E-state index in [1.807, 2.05) is 41.5 Å². The molecule has 4 aromatic rings. The summed E-state index contributed by atoms with van der Waals surface area (Å²) in [5.41, 5.74) is 5.36. The van der Waals surface area contributed by atoms with Crippen molar-refractivity contribution in [3.05, 3.63) is 41.6 Å². The van der Waals surface area contributed by atoms with Crippen molar-refractivity contribution >= 4 is 22.7 Å². The van der Waals surface area contributed by atoms with E-state index in [2.05, 4.69) is 27.3 Å². The smallest absolute Gasteiger partial charge is 0.257 e. The van der Waals surface area contributed by atoms with Crippen molar-refractivity contribution in [2.75, 3.05) is 11.9 Å². The maximum Gasteiger partial charge on any atom is 0.257 e. The van der Waals surface area contributed by atoms with Gasteiger partial charge in [0.05, 0.1) is 34.8 Å². The highest BCUT2D eigenvalue weighted by molar-refractivity contribution is 5.79. The van der Waals surface area contributed by atoms with Crippen LogP contribution in [0.15, 0.2) is 24.5 Å². The molecular formula is C20H22N8O. The lowest BCUT2D eigenvalue weighted by Gasteiger charge is -2.09. The first-order valence-corrected chi connectivity index (χ1v) is 9.79. The zero-order chi connectivity index (χ0) is 20.0. The highest BCUT2D eigenvalue weighted by Gasteiger charge is 2.21. The van der Waals surface area contributed by atoms with Crippen LogP contribution in [0.2, 0.25) is 0 Å². The average Bonchev–Trinajstić information content (AvgIpc) is 3.21. The maximum absolute atomic E-state index is 6.04. The van der Waals surface area contributed by atoms with E-state index in [1.54, 1.807) is 6.20 Å². The molecule has 1 aliphatic rings. The van der Waals surface area contributed by atoms with Crippen molar-refractivity contribution in [3.8, 4) is 11.6 Å². The Kier molecular flexibility index (Phi) is 4.15. The monoisotopic (exact) mass is 390 g/mol. The third-order valence-corrected chi connectivity index (χ3v) is 5.18. The largest absolute Gasteiger partial charge is 0.475 e. The third kappa shape index (κ3) is 2.89. The van der Waals surface area contributed by atoms with Gasteiger partial charge in [0.15, 0.2) is 5.65 Å².